The standard InChI is InChI=1S/C21H20N2/c1-15-5-6-17-14-18(7-8-19(15)17)21-20(4-3-13-23(21)2)16-9-11-22-12-10-16/h3-5,7-12,14H,6,13H2,1-2H3. The molecule has 1 aliphatic heterocycles. The molecule has 0 saturated carbocycles. The van der Waals surface area contributed by atoms with Crippen LogP contribution in [0.15, 0.2) is 61.0 Å². The van der Waals surface area contributed by atoms with Gasteiger partial charge in [0, 0.05) is 31.6 Å². The highest BCUT2D eigenvalue weighted by Crippen LogP contribution is 2.35. The highest BCUT2D eigenvalue weighted by molar-refractivity contribution is 5.96. The molecule has 2 heteroatoms. The molecule has 0 saturated heterocycles. The number of rotatable bonds is 2. The zero-order valence-corrected chi connectivity index (χ0v) is 13.6. The highest BCUT2D eigenvalue weighted by atomic mass is 15.1. The molecule has 0 fully saturated rings. The Balaban J connectivity index is 1.87. The van der Waals surface area contributed by atoms with Crippen molar-refractivity contribution in [2.75, 3.05) is 13.6 Å². The van der Waals surface area contributed by atoms with Crippen molar-refractivity contribution in [1.82, 2.24) is 9.88 Å². The molecule has 2 nitrogen and oxygen atoms in total. The van der Waals surface area contributed by atoms with Gasteiger partial charge < -0.3 is 4.90 Å². The molecule has 0 bridgehead atoms. The van der Waals surface area contributed by atoms with Crippen LogP contribution < -0.4 is 0 Å². The zero-order chi connectivity index (χ0) is 15.8. The monoisotopic (exact) mass is 300 g/mol. The maximum atomic E-state index is 4.15. The quantitative estimate of drug-likeness (QED) is 0.816. The van der Waals surface area contributed by atoms with Gasteiger partial charge in [-0.25, -0.2) is 0 Å². The van der Waals surface area contributed by atoms with Crippen LogP contribution in [0.2, 0.25) is 0 Å². The molecule has 4 rings (SSSR count). The topological polar surface area (TPSA) is 16.1 Å². The maximum absolute atomic E-state index is 4.15. The van der Waals surface area contributed by atoms with E-state index in [0.717, 1.165) is 13.0 Å². The summed E-state index contributed by atoms with van der Waals surface area (Å²) in [4.78, 5) is 6.47. The maximum Gasteiger partial charge on any atom is 0.0519 e. The third-order valence-corrected chi connectivity index (χ3v) is 4.72. The number of benzene rings is 1. The molecule has 114 valence electrons. The average Bonchev–Trinajstić information content (AvgIpc) is 2.96. The second-order valence-electron chi connectivity index (χ2n) is 6.24. The second-order valence-corrected chi connectivity index (χ2v) is 6.24. The minimum absolute atomic E-state index is 0.943. The smallest absolute Gasteiger partial charge is 0.0519 e. The van der Waals surface area contributed by atoms with Crippen molar-refractivity contribution in [3.8, 4) is 0 Å². The average molecular weight is 300 g/mol. The summed E-state index contributed by atoms with van der Waals surface area (Å²) < 4.78 is 0. The van der Waals surface area contributed by atoms with Crippen molar-refractivity contribution in [1.29, 1.82) is 0 Å². The zero-order valence-electron chi connectivity index (χ0n) is 13.6. The van der Waals surface area contributed by atoms with Gasteiger partial charge in [0.25, 0.3) is 0 Å². The summed E-state index contributed by atoms with van der Waals surface area (Å²) in [6.45, 7) is 3.14. The summed E-state index contributed by atoms with van der Waals surface area (Å²) in [6, 6.07) is 11.0. The van der Waals surface area contributed by atoms with Crippen LogP contribution in [-0.4, -0.2) is 23.5 Å². The molecule has 0 N–H and O–H groups in total. The number of likely N-dealkylation sites (N-methyl/N-ethyl adjacent to an activating group) is 1. The number of pyridine rings is 1. The molecule has 0 atom stereocenters. The summed E-state index contributed by atoms with van der Waals surface area (Å²) in [5.74, 6) is 0. The van der Waals surface area contributed by atoms with Gasteiger partial charge in [0.1, 0.15) is 0 Å². The molecule has 1 aromatic heterocycles. The molecule has 2 aromatic rings. The van der Waals surface area contributed by atoms with E-state index >= 15 is 0 Å². The van der Waals surface area contributed by atoms with E-state index in [4.69, 9.17) is 0 Å². The minimum Gasteiger partial charge on any atom is -0.370 e. The van der Waals surface area contributed by atoms with Gasteiger partial charge in [-0.1, -0.05) is 30.4 Å². The van der Waals surface area contributed by atoms with E-state index in [1.54, 1.807) is 0 Å². The first-order valence-electron chi connectivity index (χ1n) is 8.07. The van der Waals surface area contributed by atoms with Gasteiger partial charge in [0.05, 0.1) is 5.70 Å². The van der Waals surface area contributed by atoms with E-state index in [2.05, 4.69) is 72.4 Å². The molecule has 0 radical (unpaired) electrons. The predicted molar refractivity (Wildman–Crippen MR) is 96.6 cm³/mol. The fourth-order valence-corrected chi connectivity index (χ4v) is 3.51. The van der Waals surface area contributed by atoms with Crippen molar-refractivity contribution in [2.45, 2.75) is 13.3 Å². The van der Waals surface area contributed by atoms with Gasteiger partial charge in [0.15, 0.2) is 0 Å². The van der Waals surface area contributed by atoms with Gasteiger partial charge in [-0.3, -0.25) is 4.98 Å². The highest BCUT2D eigenvalue weighted by Gasteiger charge is 2.19. The first-order chi connectivity index (χ1) is 11.2. The molecule has 1 aromatic carbocycles. The lowest BCUT2D eigenvalue weighted by Gasteiger charge is -2.28. The number of hydrogen-bond acceptors (Lipinski definition) is 2. The lowest BCUT2D eigenvalue weighted by atomic mass is 9.94. The van der Waals surface area contributed by atoms with Crippen LogP contribution in [0, 0.1) is 0 Å². The number of aromatic nitrogens is 1. The molecule has 2 aliphatic rings. The predicted octanol–water partition coefficient (Wildman–Crippen LogP) is 4.41. The van der Waals surface area contributed by atoms with E-state index in [0.29, 0.717) is 0 Å². The first kappa shape index (κ1) is 14.0. The molecule has 2 heterocycles. The molecule has 1 aliphatic carbocycles. The van der Waals surface area contributed by atoms with Crippen molar-refractivity contribution in [3.05, 3.63) is 83.2 Å². The fraction of sp³-hybridized carbons (Fsp3) is 0.190. The Labute approximate surface area is 137 Å². The van der Waals surface area contributed by atoms with Gasteiger partial charge in [-0.2, -0.15) is 0 Å². The van der Waals surface area contributed by atoms with Crippen LogP contribution in [-0.2, 0) is 6.42 Å². The fourth-order valence-electron chi connectivity index (χ4n) is 3.51. The number of hydrogen-bond donors (Lipinski definition) is 0. The van der Waals surface area contributed by atoms with Gasteiger partial charge in [-0.15, -0.1) is 0 Å². The summed E-state index contributed by atoms with van der Waals surface area (Å²) in [7, 11) is 2.16. The Morgan fingerprint density at radius 2 is 1.87 bits per heavy atom. The first-order valence-corrected chi connectivity index (χ1v) is 8.07. The van der Waals surface area contributed by atoms with Crippen molar-refractivity contribution in [3.63, 3.8) is 0 Å². The largest absolute Gasteiger partial charge is 0.370 e. The van der Waals surface area contributed by atoms with E-state index in [1.807, 2.05) is 12.4 Å². The minimum atomic E-state index is 0.943. The molecule has 0 unspecified atom stereocenters. The number of allylic oxidation sites excluding steroid dienone is 4. The SMILES string of the molecule is CC1=CCc2cc(C3=C(c4ccncc4)C=CCN3C)ccc21. The third-order valence-electron chi connectivity index (χ3n) is 4.72. The summed E-state index contributed by atoms with van der Waals surface area (Å²) in [5.41, 5.74) is 9.30. The Kier molecular flexibility index (Phi) is 3.38. The number of fused-ring (bicyclic) bond motifs is 1. The lowest BCUT2D eigenvalue weighted by molar-refractivity contribution is 0.533. The van der Waals surface area contributed by atoms with Crippen molar-refractivity contribution in [2.24, 2.45) is 0 Å². The van der Waals surface area contributed by atoms with Crippen molar-refractivity contribution >= 4 is 16.8 Å². The molecule has 23 heavy (non-hydrogen) atoms. The third kappa shape index (κ3) is 2.40. The summed E-state index contributed by atoms with van der Waals surface area (Å²) in [6.07, 6.45) is 11.5. The Morgan fingerprint density at radius 1 is 1.04 bits per heavy atom. The Bertz CT molecular complexity index is 841. The van der Waals surface area contributed by atoms with Crippen LogP contribution in [0.4, 0.5) is 0 Å². The molecular weight excluding hydrogens is 280 g/mol. The van der Waals surface area contributed by atoms with Crippen LogP contribution in [0.25, 0.3) is 16.8 Å². The number of nitrogens with zero attached hydrogens (tertiary/aromatic N) is 2. The van der Waals surface area contributed by atoms with Crippen molar-refractivity contribution < 1.29 is 0 Å². The second kappa shape index (κ2) is 5.54. The van der Waals surface area contributed by atoms with Gasteiger partial charge in [-0.05, 0) is 59.4 Å². The van der Waals surface area contributed by atoms with Crippen LogP contribution in [0.5, 0.6) is 0 Å². The van der Waals surface area contributed by atoms with Gasteiger partial charge >= 0.3 is 0 Å². The normalized spacial score (nSPS) is 16.6. The van der Waals surface area contributed by atoms with E-state index in [9.17, 15) is 0 Å². The van der Waals surface area contributed by atoms with Crippen LogP contribution in [0.1, 0.15) is 29.2 Å². The Morgan fingerprint density at radius 3 is 2.70 bits per heavy atom. The van der Waals surface area contributed by atoms with E-state index in [1.165, 1.54) is 39.1 Å². The Hall–Kier alpha value is -2.61. The van der Waals surface area contributed by atoms with Crippen LogP contribution >= 0.6 is 0 Å². The molecular formula is C21H20N2. The van der Waals surface area contributed by atoms with E-state index in [-0.39, 0.29) is 0 Å². The van der Waals surface area contributed by atoms with Crippen LogP contribution in [0.3, 0.4) is 0 Å². The van der Waals surface area contributed by atoms with E-state index < -0.39 is 0 Å². The van der Waals surface area contributed by atoms with Gasteiger partial charge in [0.2, 0.25) is 0 Å². The molecule has 0 amide bonds. The molecule has 0 spiro atoms. The lowest BCUT2D eigenvalue weighted by Crippen LogP contribution is -2.20. The summed E-state index contributed by atoms with van der Waals surface area (Å²) in [5, 5.41) is 0. The summed E-state index contributed by atoms with van der Waals surface area (Å²) >= 11 is 0.